The molecule has 144 valence electrons. The van der Waals surface area contributed by atoms with Crippen molar-refractivity contribution in [3.63, 3.8) is 0 Å². The largest absolute Gasteiger partial charge is 0.418 e. The van der Waals surface area contributed by atoms with Crippen LogP contribution in [0.2, 0.25) is 5.02 Å². The third-order valence-corrected chi connectivity index (χ3v) is 4.79. The molecule has 4 nitrogen and oxygen atoms in total. The molecule has 0 aromatic heterocycles. The van der Waals surface area contributed by atoms with E-state index in [0.29, 0.717) is 36.9 Å². The second-order valence-corrected chi connectivity index (χ2v) is 6.81. The Labute approximate surface area is 160 Å². The van der Waals surface area contributed by atoms with Crippen LogP contribution in [0.3, 0.4) is 0 Å². The van der Waals surface area contributed by atoms with Crippen molar-refractivity contribution >= 4 is 29.0 Å². The molecule has 3 rings (SSSR count). The summed E-state index contributed by atoms with van der Waals surface area (Å²) in [5.41, 5.74) is 0.996. The number of benzene rings is 2. The molecule has 27 heavy (non-hydrogen) atoms. The molecular formula is C19H19ClF3N3O. The van der Waals surface area contributed by atoms with Crippen LogP contribution in [-0.4, -0.2) is 37.1 Å². The van der Waals surface area contributed by atoms with Crippen molar-refractivity contribution in [3.05, 3.63) is 58.6 Å². The minimum Gasteiger partial charge on any atom is -0.367 e. The van der Waals surface area contributed by atoms with Crippen molar-refractivity contribution < 1.29 is 18.0 Å². The summed E-state index contributed by atoms with van der Waals surface area (Å²) in [6.07, 6.45) is -4.41. The number of carbonyl (C=O) groups excluding carboxylic acids is 1. The maximum atomic E-state index is 13.2. The number of hydrogen-bond acceptors (Lipinski definition) is 2. The average molecular weight is 398 g/mol. The van der Waals surface area contributed by atoms with Gasteiger partial charge in [-0.25, -0.2) is 4.79 Å². The lowest BCUT2D eigenvalue weighted by molar-refractivity contribution is -0.137. The van der Waals surface area contributed by atoms with E-state index < -0.39 is 11.7 Å². The van der Waals surface area contributed by atoms with E-state index in [-0.39, 0.29) is 11.7 Å². The average Bonchev–Trinajstić information content (AvgIpc) is 2.64. The number of hydrogen-bond donors (Lipinski definition) is 1. The van der Waals surface area contributed by atoms with Gasteiger partial charge in [-0.2, -0.15) is 13.2 Å². The maximum Gasteiger partial charge on any atom is 0.418 e. The number of halogens is 4. The van der Waals surface area contributed by atoms with Crippen LogP contribution in [0.15, 0.2) is 42.5 Å². The topological polar surface area (TPSA) is 35.6 Å². The normalized spacial score (nSPS) is 15.0. The fourth-order valence-electron chi connectivity index (χ4n) is 3.06. The van der Waals surface area contributed by atoms with E-state index in [1.807, 2.05) is 13.0 Å². The smallest absolute Gasteiger partial charge is 0.367 e. The lowest BCUT2D eigenvalue weighted by Gasteiger charge is -2.37. The fourth-order valence-corrected chi connectivity index (χ4v) is 3.23. The number of anilines is 2. The van der Waals surface area contributed by atoms with E-state index in [4.69, 9.17) is 11.6 Å². The van der Waals surface area contributed by atoms with E-state index in [9.17, 15) is 18.0 Å². The van der Waals surface area contributed by atoms with Gasteiger partial charge in [0, 0.05) is 42.6 Å². The highest BCUT2D eigenvalue weighted by Gasteiger charge is 2.35. The van der Waals surface area contributed by atoms with Gasteiger partial charge in [0.1, 0.15) is 0 Å². The number of urea groups is 1. The summed E-state index contributed by atoms with van der Waals surface area (Å²) in [5.74, 6) is 0. The van der Waals surface area contributed by atoms with Crippen molar-refractivity contribution in [1.29, 1.82) is 0 Å². The van der Waals surface area contributed by atoms with E-state index in [2.05, 4.69) is 5.32 Å². The van der Waals surface area contributed by atoms with Gasteiger partial charge in [-0.3, -0.25) is 0 Å². The first-order chi connectivity index (χ1) is 12.8. The molecule has 0 aliphatic carbocycles. The zero-order valence-corrected chi connectivity index (χ0v) is 15.4. The van der Waals surface area contributed by atoms with Crippen molar-refractivity contribution in [2.75, 3.05) is 36.4 Å². The molecule has 8 heteroatoms. The standard InChI is InChI=1S/C19H19ClF3N3O/c1-13-6-7-14(20)12-16(13)24-18(27)26-10-8-25(9-11-26)17-5-3-2-4-15(17)19(21,22)23/h2-7,12H,8-11H2,1H3,(H,24,27). The molecular weight excluding hydrogens is 379 g/mol. The van der Waals surface area contributed by atoms with Crippen LogP contribution in [0.25, 0.3) is 0 Å². The molecule has 0 radical (unpaired) electrons. The molecule has 2 amide bonds. The Bertz CT molecular complexity index is 833. The van der Waals surface area contributed by atoms with Gasteiger partial charge in [-0.1, -0.05) is 29.8 Å². The molecule has 1 aliphatic heterocycles. The van der Waals surface area contributed by atoms with Gasteiger partial charge in [0.05, 0.1) is 5.56 Å². The van der Waals surface area contributed by atoms with Crippen molar-refractivity contribution in [2.45, 2.75) is 13.1 Å². The number of rotatable bonds is 2. The highest BCUT2D eigenvalue weighted by atomic mass is 35.5. The van der Waals surface area contributed by atoms with Crippen LogP contribution in [0.5, 0.6) is 0 Å². The summed E-state index contributed by atoms with van der Waals surface area (Å²) in [6.45, 7) is 3.18. The molecule has 0 saturated carbocycles. The molecule has 0 spiro atoms. The van der Waals surface area contributed by atoms with E-state index in [1.54, 1.807) is 28.0 Å². The van der Waals surface area contributed by atoms with E-state index >= 15 is 0 Å². The first-order valence-electron chi connectivity index (χ1n) is 8.49. The monoisotopic (exact) mass is 397 g/mol. The molecule has 0 bridgehead atoms. The van der Waals surface area contributed by atoms with Crippen molar-refractivity contribution in [1.82, 2.24) is 4.90 Å². The molecule has 1 N–H and O–H groups in total. The first-order valence-corrected chi connectivity index (χ1v) is 8.87. The molecule has 2 aromatic carbocycles. The van der Waals surface area contributed by atoms with E-state index in [0.717, 1.165) is 11.6 Å². The second-order valence-electron chi connectivity index (χ2n) is 6.38. The molecule has 1 aliphatic rings. The summed E-state index contributed by atoms with van der Waals surface area (Å²) >= 11 is 5.96. The number of carbonyl (C=O) groups is 1. The third-order valence-electron chi connectivity index (χ3n) is 4.56. The highest BCUT2D eigenvalue weighted by molar-refractivity contribution is 6.31. The highest BCUT2D eigenvalue weighted by Crippen LogP contribution is 2.36. The zero-order chi connectivity index (χ0) is 19.6. The SMILES string of the molecule is Cc1ccc(Cl)cc1NC(=O)N1CCN(c2ccccc2C(F)(F)F)CC1. The predicted octanol–water partition coefficient (Wildman–Crippen LogP) is 5.02. The van der Waals surface area contributed by atoms with Crippen molar-refractivity contribution in [3.8, 4) is 0 Å². The van der Waals surface area contributed by atoms with Gasteiger partial charge in [0.25, 0.3) is 0 Å². The summed E-state index contributed by atoms with van der Waals surface area (Å²) in [4.78, 5) is 15.7. The summed E-state index contributed by atoms with van der Waals surface area (Å²) in [6, 6.07) is 10.4. The Kier molecular flexibility index (Phi) is 5.51. The Balaban J connectivity index is 1.66. The fraction of sp³-hybridized carbons (Fsp3) is 0.316. The molecule has 1 heterocycles. The Morgan fingerprint density at radius 1 is 1.07 bits per heavy atom. The molecule has 1 fully saturated rings. The van der Waals surface area contributed by atoms with Crippen LogP contribution in [0, 0.1) is 6.92 Å². The predicted molar refractivity (Wildman–Crippen MR) is 100 cm³/mol. The lowest BCUT2D eigenvalue weighted by atomic mass is 10.1. The van der Waals surface area contributed by atoms with E-state index in [1.165, 1.54) is 12.1 Å². The number of para-hydroxylation sites is 1. The summed E-state index contributed by atoms with van der Waals surface area (Å²) in [5, 5.41) is 3.33. The first kappa shape index (κ1) is 19.4. The minimum absolute atomic E-state index is 0.149. The van der Waals surface area contributed by atoms with Crippen LogP contribution in [0.4, 0.5) is 29.3 Å². The number of piperazine rings is 1. The van der Waals surface area contributed by atoms with Gasteiger partial charge in [0.2, 0.25) is 0 Å². The number of amides is 2. The number of alkyl halides is 3. The zero-order valence-electron chi connectivity index (χ0n) is 14.7. The Morgan fingerprint density at radius 2 is 1.74 bits per heavy atom. The molecule has 0 atom stereocenters. The quantitative estimate of drug-likeness (QED) is 0.772. The summed E-state index contributed by atoms with van der Waals surface area (Å²) in [7, 11) is 0. The van der Waals surface area contributed by atoms with Crippen LogP contribution in [0.1, 0.15) is 11.1 Å². The molecule has 0 unspecified atom stereocenters. The van der Waals surface area contributed by atoms with Crippen LogP contribution >= 0.6 is 11.6 Å². The Hall–Kier alpha value is -2.41. The van der Waals surface area contributed by atoms with Gasteiger partial charge < -0.3 is 15.1 Å². The van der Waals surface area contributed by atoms with Gasteiger partial charge >= 0.3 is 12.2 Å². The van der Waals surface area contributed by atoms with Gasteiger partial charge in [-0.05, 0) is 36.8 Å². The number of aryl methyl sites for hydroxylation is 1. The Morgan fingerprint density at radius 3 is 2.41 bits per heavy atom. The molecule has 1 saturated heterocycles. The van der Waals surface area contributed by atoms with Gasteiger partial charge in [-0.15, -0.1) is 0 Å². The third kappa shape index (κ3) is 4.47. The summed E-state index contributed by atoms with van der Waals surface area (Å²) < 4.78 is 39.6. The van der Waals surface area contributed by atoms with Crippen molar-refractivity contribution in [2.24, 2.45) is 0 Å². The minimum atomic E-state index is -4.41. The second kappa shape index (κ2) is 7.68. The number of nitrogens with zero attached hydrogens (tertiary/aromatic N) is 2. The number of nitrogens with one attached hydrogen (secondary N) is 1. The lowest BCUT2D eigenvalue weighted by Crippen LogP contribution is -2.50. The van der Waals surface area contributed by atoms with Crippen LogP contribution in [-0.2, 0) is 6.18 Å². The maximum absolute atomic E-state index is 13.2. The van der Waals surface area contributed by atoms with Crippen LogP contribution < -0.4 is 10.2 Å². The van der Waals surface area contributed by atoms with Gasteiger partial charge in [0.15, 0.2) is 0 Å². The molecule has 2 aromatic rings.